The van der Waals surface area contributed by atoms with E-state index in [0.717, 1.165) is 23.8 Å². The summed E-state index contributed by atoms with van der Waals surface area (Å²) in [6.45, 7) is 7.91. The molecule has 8 heteroatoms. The van der Waals surface area contributed by atoms with Crippen LogP contribution < -0.4 is 9.03 Å². The molecule has 0 unspecified atom stereocenters. The van der Waals surface area contributed by atoms with E-state index >= 15 is 0 Å². The maximum absolute atomic E-state index is 12.3. The molecule has 1 rings (SSSR count). The van der Waals surface area contributed by atoms with Crippen LogP contribution in [0.4, 0.5) is 5.69 Å². The van der Waals surface area contributed by atoms with Gasteiger partial charge in [0.1, 0.15) is 0 Å². The van der Waals surface area contributed by atoms with E-state index in [1.54, 1.807) is 0 Å². The molecule has 0 aliphatic carbocycles. The summed E-state index contributed by atoms with van der Waals surface area (Å²) in [5.41, 5.74) is 2.43. The molecule has 0 saturated carbocycles. The minimum atomic E-state index is -3.53. The number of hydrogen-bond donors (Lipinski definition) is 1. The lowest BCUT2D eigenvalue weighted by Gasteiger charge is -2.28. The topological polar surface area (TPSA) is 83.6 Å². The summed E-state index contributed by atoms with van der Waals surface area (Å²) in [6, 6.07) is 5.68. The van der Waals surface area contributed by atoms with Crippen LogP contribution in [0.1, 0.15) is 50.7 Å². The molecule has 0 heterocycles. The molecular weight excluding hydrogens is 360 g/mol. The van der Waals surface area contributed by atoms with Crippen LogP contribution in [0.15, 0.2) is 18.2 Å². The molecular formula is C17H30N2O4S2. The average molecular weight is 391 g/mol. The van der Waals surface area contributed by atoms with Crippen LogP contribution in [0.25, 0.3) is 0 Å². The van der Waals surface area contributed by atoms with Gasteiger partial charge in [-0.3, -0.25) is 4.31 Å². The second-order valence-corrected chi connectivity index (χ2v) is 10.4. The van der Waals surface area contributed by atoms with Crippen LogP contribution >= 0.6 is 0 Å². The second-order valence-electron chi connectivity index (χ2n) is 6.57. The fourth-order valence-electron chi connectivity index (χ4n) is 2.64. The highest BCUT2D eigenvalue weighted by Gasteiger charge is 2.23. The van der Waals surface area contributed by atoms with E-state index in [4.69, 9.17) is 0 Å². The molecule has 25 heavy (non-hydrogen) atoms. The van der Waals surface area contributed by atoms with Crippen molar-refractivity contribution in [2.45, 2.75) is 46.5 Å². The summed E-state index contributed by atoms with van der Waals surface area (Å²) in [4.78, 5) is 0. The molecule has 0 saturated heterocycles. The van der Waals surface area contributed by atoms with Gasteiger partial charge in [-0.05, 0) is 30.4 Å². The van der Waals surface area contributed by atoms with Crippen molar-refractivity contribution in [3.8, 4) is 0 Å². The molecule has 1 N–H and O–H groups in total. The Morgan fingerprint density at radius 1 is 1.16 bits per heavy atom. The Labute approximate surface area is 152 Å². The van der Waals surface area contributed by atoms with Crippen molar-refractivity contribution in [3.05, 3.63) is 29.3 Å². The number of aryl methyl sites for hydroxylation is 1. The molecule has 0 amide bonds. The monoisotopic (exact) mass is 390 g/mol. The molecule has 1 aromatic carbocycles. The van der Waals surface area contributed by atoms with Gasteiger partial charge in [-0.1, -0.05) is 45.4 Å². The molecule has 0 fully saturated rings. The van der Waals surface area contributed by atoms with E-state index in [1.165, 1.54) is 4.31 Å². The first-order valence-electron chi connectivity index (χ1n) is 8.54. The average Bonchev–Trinajstić information content (AvgIpc) is 2.49. The minimum absolute atomic E-state index is 0.0466. The predicted octanol–water partition coefficient (Wildman–Crippen LogP) is 2.60. The van der Waals surface area contributed by atoms with Crippen molar-refractivity contribution in [2.24, 2.45) is 0 Å². The Hall–Kier alpha value is -1.12. The second kappa shape index (κ2) is 9.00. The predicted molar refractivity (Wildman–Crippen MR) is 104 cm³/mol. The van der Waals surface area contributed by atoms with Gasteiger partial charge in [-0.15, -0.1) is 0 Å². The van der Waals surface area contributed by atoms with Gasteiger partial charge in [0.2, 0.25) is 20.0 Å². The van der Waals surface area contributed by atoms with Gasteiger partial charge in [-0.25, -0.2) is 21.6 Å². The highest BCUT2D eigenvalue weighted by atomic mass is 32.2. The minimum Gasteiger partial charge on any atom is -0.269 e. The van der Waals surface area contributed by atoms with Crippen molar-refractivity contribution in [1.82, 2.24) is 4.72 Å². The standard InChI is InChI=1S/C17H30N2O4S2/c1-6-7-13-25(22,23)18-11-12-19(24(5,20)21)17-15(4)9-8-10-16(17)14(2)3/h8-10,14,18H,6-7,11-13H2,1-5H3. The van der Waals surface area contributed by atoms with Gasteiger partial charge in [0.25, 0.3) is 0 Å². The molecule has 1 aromatic rings. The van der Waals surface area contributed by atoms with Crippen LogP contribution in [0.2, 0.25) is 0 Å². The Morgan fingerprint density at radius 3 is 2.32 bits per heavy atom. The van der Waals surface area contributed by atoms with Crippen molar-refractivity contribution < 1.29 is 16.8 Å². The van der Waals surface area contributed by atoms with Gasteiger partial charge in [0.05, 0.1) is 17.7 Å². The number of sulfonamides is 2. The smallest absolute Gasteiger partial charge is 0.232 e. The SMILES string of the molecule is CCCCS(=O)(=O)NCCN(c1c(C)cccc1C(C)C)S(C)(=O)=O. The third kappa shape index (κ3) is 6.60. The Morgan fingerprint density at radius 2 is 1.80 bits per heavy atom. The summed E-state index contributed by atoms with van der Waals surface area (Å²) in [5.74, 6) is 0.213. The quantitative estimate of drug-likeness (QED) is 0.666. The Balaban J connectivity index is 3.07. The third-order valence-corrected chi connectivity index (χ3v) is 6.58. The maximum Gasteiger partial charge on any atom is 0.232 e. The fraction of sp³-hybridized carbons (Fsp3) is 0.647. The first-order chi connectivity index (χ1) is 11.5. The Bertz CT molecular complexity index is 772. The van der Waals surface area contributed by atoms with E-state index in [2.05, 4.69) is 4.72 Å². The first kappa shape index (κ1) is 21.9. The van der Waals surface area contributed by atoms with Crippen molar-refractivity contribution in [2.75, 3.05) is 29.4 Å². The number of unbranched alkanes of at least 4 members (excludes halogenated alkanes) is 1. The van der Waals surface area contributed by atoms with Crippen LogP contribution in [0.3, 0.4) is 0 Å². The van der Waals surface area contributed by atoms with Crippen molar-refractivity contribution in [1.29, 1.82) is 0 Å². The van der Waals surface area contributed by atoms with E-state index in [9.17, 15) is 16.8 Å². The van der Waals surface area contributed by atoms with Gasteiger partial charge in [-0.2, -0.15) is 0 Å². The summed E-state index contributed by atoms with van der Waals surface area (Å²) >= 11 is 0. The molecule has 0 atom stereocenters. The van der Waals surface area contributed by atoms with Crippen molar-refractivity contribution in [3.63, 3.8) is 0 Å². The molecule has 144 valence electrons. The van der Waals surface area contributed by atoms with Gasteiger partial charge in [0.15, 0.2) is 0 Å². The van der Waals surface area contributed by atoms with E-state index in [-0.39, 0.29) is 24.8 Å². The fourth-order valence-corrected chi connectivity index (χ4v) is 4.86. The Kier molecular flexibility index (Phi) is 7.89. The van der Waals surface area contributed by atoms with Gasteiger partial charge >= 0.3 is 0 Å². The van der Waals surface area contributed by atoms with E-state index in [1.807, 2.05) is 45.9 Å². The first-order valence-corrected chi connectivity index (χ1v) is 12.0. The van der Waals surface area contributed by atoms with Crippen molar-refractivity contribution >= 4 is 25.7 Å². The molecule has 0 bridgehead atoms. The van der Waals surface area contributed by atoms with Crippen LogP contribution in [0.5, 0.6) is 0 Å². The number of nitrogens with one attached hydrogen (secondary N) is 1. The zero-order valence-electron chi connectivity index (χ0n) is 15.7. The zero-order chi connectivity index (χ0) is 19.3. The van der Waals surface area contributed by atoms with Crippen LogP contribution in [0, 0.1) is 6.92 Å². The zero-order valence-corrected chi connectivity index (χ0v) is 17.4. The summed E-state index contributed by atoms with van der Waals surface area (Å²) in [5, 5.41) is 0. The van der Waals surface area contributed by atoms with Crippen LogP contribution in [-0.2, 0) is 20.0 Å². The molecule has 0 radical (unpaired) electrons. The molecule has 0 aliphatic heterocycles. The number of para-hydroxylation sites is 1. The molecule has 0 aliphatic rings. The highest BCUT2D eigenvalue weighted by Crippen LogP contribution is 2.32. The largest absolute Gasteiger partial charge is 0.269 e. The summed E-state index contributed by atoms with van der Waals surface area (Å²) in [7, 11) is -6.91. The lowest BCUT2D eigenvalue weighted by atomic mass is 9.98. The lowest BCUT2D eigenvalue weighted by Crippen LogP contribution is -2.39. The van der Waals surface area contributed by atoms with E-state index in [0.29, 0.717) is 12.1 Å². The van der Waals surface area contributed by atoms with Gasteiger partial charge < -0.3 is 0 Å². The highest BCUT2D eigenvalue weighted by molar-refractivity contribution is 7.92. The summed E-state index contributed by atoms with van der Waals surface area (Å²) < 4.78 is 52.3. The lowest BCUT2D eigenvalue weighted by molar-refractivity contribution is 0.575. The number of nitrogens with zero attached hydrogens (tertiary/aromatic N) is 1. The number of hydrogen-bond acceptors (Lipinski definition) is 4. The van der Waals surface area contributed by atoms with E-state index < -0.39 is 20.0 Å². The molecule has 0 spiro atoms. The number of benzene rings is 1. The summed E-state index contributed by atoms with van der Waals surface area (Å²) in [6.07, 6.45) is 2.52. The maximum atomic E-state index is 12.3. The number of anilines is 1. The van der Waals surface area contributed by atoms with Crippen LogP contribution in [-0.4, -0.2) is 41.9 Å². The third-order valence-electron chi connectivity index (χ3n) is 3.94. The molecule has 6 nitrogen and oxygen atoms in total. The number of rotatable bonds is 10. The van der Waals surface area contributed by atoms with Gasteiger partial charge in [0, 0.05) is 13.1 Å². The molecule has 0 aromatic heterocycles. The normalized spacial score (nSPS) is 12.6.